The predicted octanol–water partition coefficient (Wildman–Crippen LogP) is 4.74. The van der Waals surface area contributed by atoms with E-state index in [1.807, 2.05) is 12.4 Å². The molecule has 21 heavy (non-hydrogen) atoms. The third kappa shape index (κ3) is 6.04. The van der Waals surface area contributed by atoms with Gasteiger partial charge in [0.2, 0.25) is 0 Å². The van der Waals surface area contributed by atoms with Crippen molar-refractivity contribution in [3.63, 3.8) is 0 Å². The lowest BCUT2D eigenvalue weighted by Gasteiger charge is -2.27. The van der Waals surface area contributed by atoms with Crippen LogP contribution in [0.5, 0.6) is 5.75 Å². The second-order valence-corrected chi connectivity index (χ2v) is 5.65. The topological polar surface area (TPSA) is 34.2 Å². The Kier molecular flexibility index (Phi) is 9.07. The van der Waals surface area contributed by atoms with E-state index >= 15 is 0 Å². The lowest BCUT2D eigenvalue weighted by molar-refractivity contribution is 0.309. The zero-order valence-corrected chi connectivity index (χ0v) is 14.2. The minimum atomic E-state index is 0.379. The Bertz CT molecular complexity index is 381. The highest BCUT2D eigenvalue weighted by Crippen LogP contribution is 2.30. The lowest BCUT2D eigenvalue weighted by Crippen LogP contribution is -2.28. The second kappa shape index (κ2) is 10.6. The number of unbranched alkanes of at least 4 members (excludes halogenated alkanes) is 1. The largest absolute Gasteiger partial charge is 0.492 e. The molecular formula is C18H32N2O. The maximum atomic E-state index is 5.73. The number of nitrogens with one attached hydrogen (secondary N) is 1. The molecule has 2 unspecified atom stereocenters. The molecule has 0 saturated carbocycles. The first-order chi connectivity index (χ1) is 10.3. The summed E-state index contributed by atoms with van der Waals surface area (Å²) in [7, 11) is 0. The van der Waals surface area contributed by atoms with Crippen LogP contribution >= 0.6 is 0 Å². The molecule has 0 aromatic carbocycles. The van der Waals surface area contributed by atoms with Crippen LogP contribution in [0.25, 0.3) is 0 Å². The molecule has 0 radical (unpaired) electrons. The first kappa shape index (κ1) is 18.0. The third-order valence-electron chi connectivity index (χ3n) is 3.91. The molecule has 1 heterocycles. The molecule has 0 aliphatic rings. The van der Waals surface area contributed by atoms with Crippen molar-refractivity contribution in [2.24, 2.45) is 5.92 Å². The van der Waals surface area contributed by atoms with Crippen LogP contribution in [0.2, 0.25) is 0 Å². The fraction of sp³-hybridized carbons (Fsp3) is 0.722. The molecule has 1 aromatic rings. The van der Waals surface area contributed by atoms with Crippen molar-refractivity contribution in [2.45, 2.75) is 65.8 Å². The van der Waals surface area contributed by atoms with Gasteiger partial charge in [-0.3, -0.25) is 4.98 Å². The van der Waals surface area contributed by atoms with Gasteiger partial charge in [-0.25, -0.2) is 0 Å². The normalized spacial score (nSPS) is 13.9. The summed E-state index contributed by atoms with van der Waals surface area (Å²) in [5, 5.41) is 3.65. The zero-order valence-electron chi connectivity index (χ0n) is 14.2. The van der Waals surface area contributed by atoms with Crippen LogP contribution in [0.3, 0.4) is 0 Å². The average Bonchev–Trinajstić information content (AvgIpc) is 2.52. The van der Waals surface area contributed by atoms with Crippen LogP contribution < -0.4 is 10.1 Å². The van der Waals surface area contributed by atoms with Gasteiger partial charge in [0.1, 0.15) is 5.75 Å². The smallest absolute Gasteiger partial charge is 0.137 e. The van der Waals surface area contributed by atoms with E-state index in [0.717, 1.165) is 25.3 Å². The number of ether oxygens (including phenoxy) is 1. The summed E-state index contributed by atoms with van der Waals surface area (Å²) >= 11 is 0. The van der Waals surface area contributed by atoms with Crippen LogP contribution in [-0.4, -0.2) is 18.1 Å². The molecule has 0 saturated heterocycles. The Balaban J connectivity index is 2.86. The van der Waals surface area contributed by atoms with Crippen molar-refractivity contribution < 1.29 is 4.74 Å². The lowest BCUT2D eigenvalue weighted by atomic mass is 9.87. The van der Waals surface area contributed by atoms with Crippen molar-refractivity contribution in [1.82, 2.24) is 10.3 Å². The molecule has 0 aliphatic heterocycles. The predicted molar refractivity (Wildman–Crippen MR) is 89.7 cm³/mol. The Morgan fingerprint density at radius 2 is 1.95 bits per heavy atom. The zero-order chi connectivity index (χ0) is 15.5. The van der Waals surface area contributed by atoms with E-state index in [2.05, 4.69) is 44.1 Å². The van der Waals surface area contributed by atoms with Gasteiger partial charge in [0.25, 0.3) is 0 Å². The van der Waals surface area contributed by atoms with E-state index in [-0.39, 0.29) is 0 Å². The molecule has 0 spiro atoms. The minimum absolute atomic E-state index is 0.379. The van der Waals surface area contributed by atoms with Crippen molar-refractivity contribution in [3.05, 3.63) is 24.0 Å². The molecule has 0 bridgehead atoms. The number of rotatable bonds is 11. The summed E-state index contributed by atoms with van der Waals surface area (Å²) in [6.07, 6.45) is 9.83. The Morgan fingerprint density at radius 3 is 2.57 bits per heavy atom. The number of pyridine rings is 1. The van der Waals surface area contributed by atoms with Gasteiger partial charge in [0.05, 0.1) is 12.8 Å². The number of aromatic nitrogens is 1. The van der Waals surface area contributed by atoms with E-state index in [1.54, 1.807) is 0 Å². The summed E-state index contributed by atoms with van der Waals surface area (Å²) in [6, 6.07) is 2.54. The summed E-state index contributed by atoms with van der Waals surface area (Å²) in [5.74, 6) is 1.55. The quantitative estimate of drug-likeness (QED) is 0.640. The molecule has 1 aromatic heterocycles. The van der Waals surface area contributed by atoms with Gasteiger partial charge in [-0.1, -0.05) is 47.0 Å². The fourth-order valence-electron chi connectivity index (χ4n) is 2.75. The van der Waals surface area contributed by atoms with Crippen LogP contribution in [0.15, 0.2) is 18.5 Å². The summed E-state index contributed by atoms with van der Waals surface area (Å²) in [6.45, 7) is 10.6. The van der Waals surface area contributed by atoms with Gasteiger partial charge in [-0.2, -0.15) is 0 Å². The molecule has 3 nitrogen and oxygen atoms in total. The van der Waals surface area contributed by atoms with E-state index in [4.69, 9.17) is 4.74 Å². The van der Waals surface area contributed by atoms with Crippen molar-refractivity contribution in [1.29, 1.82) is 0 Å². The summed E-state index contributed by atoms with van der Waals surface area (Å²) < 4.78 is 5.73. The monoisotopic (exact) mass is 292 g/mol. The van der Waals surface area contributed by atoms with Gasteiger partial charge >= 0.3 is 0 Å². The van der Waals surface area contributed by atoms with Gasteiger partial charge in [0, 0.05) is 12.2 Å². The van der Waals surface area contributed by atoms with Crippen LogP contribution in [0.4, 0.5) is 0 Å². The van der Waals surface area contributed by atoms with Crippen LogP contribution in [-0.2, 0) is 0 Å². The van der Waals surface area contributed by atoms with Gasteiger partial charge in [0.15, 0.2) is 0 Å². The Hall–Kier alpha value is -1.09. The fourth-order valence-corrected chi connectivity index (χ4v) is 2.75. The molecular weight excluding hydrogens is 260 g/mol. The van der Waals surface area contributed by atoms with Crippen LogP contribution in [0.1, 0.15) is 71.4 Å². The SMILES string of the molecule is CCCCC(CC)C(NCC)c1cncc(OCCC)c1. The van der Waals surface area contributed by atoms with Crippen molar-refractivity contribution in [3.8, 4) is 5.75 Å². The molecule has 0 amide bonds. The van der Waals surface area contributed by atoms with Crippen molar-refractivity contribution in [2.75, 3.05) is 13.2 Å². The van der Waals surface area contributed by atoms with Gasteiger partial charge in [-0.15, -0.1) is 0 Å². The first-order valence-corrected chi connectivity index (χ1v) is 8.57. The summed E-state index contributed by atoms with van der Waals surface area (Å²) in [5.41, 5.74) is 1.26. The molecule has 1 N–H and O–H groups in total. The van der Waals surface area contributed by atoms with Gasteiger partial charge in [-0.05, 0) is 36.9 Å². The highest BCUT2D eigenvalue weighted by atomic mass is 16.5. The molecule has 120 valence electrons. The Labute approximate surface area is 130 Å². The molecule has 3 heteroatoms. The molecule has 0 fully saturated rings. The van der Waals surface area contributed by atoms with E-state index < -0.39 is 0 Å². The average molecular weight is 292 g/mol. The number of hydrogen-bond acceptors (Lipinski definition) is 3. The number of nitrogens with zero attached hydrogens (tertiary/aromatic N) is 1. The van der Waals surface area contributed by atoms with Crippen LogP contribution in [0, 0.1) is 5.92 Å². The third-order valence-corrected chi connectivity index (χ3v) is 3.91. The van der Waals surface area contributed by atoms with Gasteiger partial charge < -0.3 is 10.1 Å². The summed E-state index contributed by atoms with van der Waals surface area (Å²) in [4.78, 5) is 4.37. The first-order valence-electron chi connectivity index (χ1n) is 8.57. The highest BCUT2D eigenvalue weighted by Gasteiger charge is 2.21. The standard InChI is InChI=1S/C18H32N2O/c1-5-9-10-15(7-3)18(20-8-4)16-12-17(14-19-13-16)21-11-6-2/h12-15,18,20H,5-11H2,1-4H3. The molecule has 0 aliphatic carbocycles. The minimum Gasteiger partial charge on any atom is -0.492 e. The molecule has 1 rings (SSSR count). The highest BCUT2D eigenvalue weighted by molar-refractivity contribution is 5.26. The number of hydrogen-bond donors (Lipinski definition) is 1. The second-order valence-electron chi connectivity index (χ2n) is 5.65. The Morgan fingerprint density at radius 1 is 1.14 bits per heavy atom. The molecule has 2 atom stereocenters. The van der Waals surface area contributed by atoms with E-state index in [9.17, 15) is 0 Å². The maximum absolute atomic E-state index is 5.73. The maximum Gasteiger partial charge on any atom is 0.137 e. The van der Waals surface area contributed by atoms with Crippen molar-refractivity contribution >= 4 is 0 Å². The van der Waals surface area contributed by atoms with E-state index in [1.165, 1.54) is 31.2 Å². The van der Waals surface area contributed by atoms with E-state index in [0.29, 0.717) is 12.0 Å².